The summed E-state index contributed by atoms with van der Waals surface area (Å²) in [5.41, 5.74) is 2.48. The lowest BCUT2D eigenvalue weighted by Gasteiger charge is -2.28. The molecule has 1 N–H and O–H groups in total. The summed E-state index contributed by atoms with van der Waals surface area (Å²) in [7, 11) is 0. The van der Waals surface area contributed by atoms with Crippen LogP contribution in [0.4, 0.5) is 5.69 Å². The number of nitrogens with one attached hydrogen (secondary N) is 1. The zero-order valence-corrected chi connectivity index (χ0v) is 15.5. The first-order valence-corrected chi connectivity index (χ1v) is 9.32. The lowest BCUT2D eigenvalue weighted by molar-refractivity contribution is 0.0949. The predicted octanol–water partition coefficient (Wildman–Crippen LogP) is 4.35. The lowest BCUT2D eigenvalue weighted by Crippen LogP contribution is -2.30. The van der Waals surface area contributed by atoms with Crippen molar-refractivity contribution in [2.24, 2.45) is 0 Å². The van der Waals surface area contributed by atoms with Gasteiger partial charge in [-0.05, 0) is 55.5 Å². The molecule has 0 bridgehead atoms. The molecular formula is C19H21Cl2N3O. The first kappa shape index (κ1) is 18.0. The molecule has 1 aromatic carbocycles. The highest BCUT2D eigenvalue weighted by Gasteiger charge is 2.14. The van der Waals surface area contributed by atoms with Crippen LogP contribution in [0, 0.1) is 0 Å². The molecule has 132 valence electrons. The normalized spacial score (nSPS) is 14.4. The third-order valence-corrected chi connectivity index (χ3v) is 4.98. The molecule has 0 saturated carbocycles. The van der Waals surface area contributed by atoms with Gasteiger partial charge in [0.05, 0.1) is 0 Å². The van der Waals surface area contributed by atoms with Gasteiger partial charge in [-0.15, -0.1) is 0 Å². The maximum atomic E-state index is 12.4. The van der Waals surface area contributed by atoms with E-state index in [0.29, 0.717) is 28.7 Å². The Morgan fingerprint density at radius 1 is 1.12 bits per heavy atom. The van der Waals surface area contributed by atoms with Gasteiger partial charge in [-0.2, -0.15) is 0 Å². The summed E-state index contributed by atoms with van der Waals surface area (Å²) in [6, 6.07) is 9.23. The van der Waals surface area contributed by atoms with E-state index in [0.717, 1.165) is 24.3 Å². The number of rotatable bonds is 5. The van der Waals surface area contributed by atoms with Gasteiger partial charge in [0.2, 0.25) is 0 Å². The molecule has 0 unspecified atom stereocenters. The number of anilines is 1. The van der Waals surface area contributed by atoms with Crippen molar-refractivity contribution < 1.29 is 4.79 Å². The molecule has 1 amide bonds. The number of benzene rings is 1. The largest absolute Gasteiger partial charge is 0.371 e. The number of nitrogens with zero attached hydrogens (tertiary/aromatic N) is 2. The highest BCUT2D eigenvalue weighted by molar-refractivity contribution is 6.35. The van der Waals surface area contributed by atoms with Crippen molar-refractivity contribution >= 4 is 34.8 Å². The summed E-state index contributed by atoms with van der Waals surface area (Å²) in [6.07, 6.45) is 6.03. The number of piperidine rings is 1. The Morgan fingerprint density at radius 2 is 1.92 bits per heavy atom. The molecule has 2 heterocycles. The first-order valence-electron chi connectivity index (χ1n) is 8.56. The van der Waals surface area contributed by atoms with Gasteiger partial charge in [-0.1, -0.05) is 29.3 Å². The summed E-state index contributed by atoms with van der Waals surface area (Å²) in [5, 5.41) is 4.13. The Labute approximate surface area is 158 Å². The van der Waals surface area contributed by atoms with E-state index in [4.69, 9.17) is 23.2 Å². The zero-order chi connectivity index (χ0) is 17.6. The highest BCUT2D eigenvalue weighted by Crippen LogP contribution is 2.21. The molecule has 0 aliphatic carbocycles. The van der Waals surface area contributed by atoms with E-state index in [1.54, 1.807) is 18.3 Å². The molecule has 3 rings (SSSR count). The Balaban J connectivity index is 1.57. The van der Waals surface area contributed by atoms with Crippen molar-refractivity contribution in [3.8, 4) is 0 Å². The van der Waals surface area contributed by atoms with Crippen LogP contribution < -0.4 is 10.2 Å². The minimum Gasteiger partial charge on any atom is -0.371 e. The summed E-state index contributed by atoms with van der Waals surface area (Å²) in [4.78, 5) is 18.9. The van der Waals surface area contributed by atoms with Crippen LogP contribution in [0.1, 0.15) is 35.3 Å². The molecular weight excluding hydrogens is 357 g/mol. The smallest absolute Gasteiger partial charge is 0.269 e. The molecule has 1 aliphatic heterocycles. The summed E-state index contributed by atoms with van der Waals surface area (Å²) >= 11 is 12.0. The standard InChI is InChI=1S/C19H21Cl2N3O/c20-15-5-4-14(17(21)12-15)6-8-23-19(25)18-13-16(7-9-22-18)24-10-2-1-3-11-24/h4-5,7,9,12-13H,1-3,6,8,10-11H2,(H,23,25). The Bertz CT molecular complexity index is 745. The summed E-state index contributed by atoms with van der Waals surface area (Å²) < 4.78 is 0. The van der Waals surface area contributed by atoms with Gasteiger partial charge in [0.1, 0.15) is 5.69 Å². The molecule has 1 aliphatic rings. The number of aromatic nitrogens is 1. The number of carbonyl (C=O) groups excluding carboxylic acids is 1. The predicted molar refractivity (Wildman–Crippen MR) is 103 cm³/mol. The topological polar surface area (TPSA) is 45.2 Å². The van der Waals surface area contributed by atoms with Crippen molar-refractivity contribution in [3.05, 3.63) is 57.8 Å². The van der Waals surface area contributed by atoms with Gasteiger partial charge in [0.25, 0.3) is 5.91 Å². The van der Waals surface area contributed by atoms with Crippen LogP contribution in [0.2, 0.25) is 10.0 Å². The average molecular weight is 378 g/mol. The zero-order valence-electron chi connectivity index (χ0n) is 14.0. The van der Waals surface area contributed by atoms with Crippen LogP contribution in [-0.2, 0) is 6.42 Å². The van der Waals surface area contributed by atoms with Gasteiger partial charge in [-0.3, -0.25) is 9.78 Å². The average Bonchev–Trinajstić information content (AvgIpc) is 2.64. The number of carbonyl (C=O) groups is 1. The van der Waals surface area contributed by atoms with Crippen molar-refractivity contribution in [2.45, 2.75) is 25.7 Å². The minimum absolute atomic E-state index is 0.163. The fourth-order valence-electron chi connectivity index (χ4n) is 3.02. The summed E-state index contributed by atoms with van der Waals surface area (Å²) in [6.45, 7) is 2.58. The monoisotopic (exact) mass is 377 g/mol. The Morgan fingerprint density at radius 3 is 2.68 bits per heavy atom. The second-order valence-corrected chi connectivity index (χ2v) is 7.03. The molecule has 4 nitrogen and oxygen atoms in total. The van der Waals surface area contributed by atoms with E-state index in [1.807, 2.05) is 18.2 Å². The third-order valence-electron chi connectivity index (χ3n) is 4.39. The Hall–Kier alpha value is -1.78. The number of amides is 1. The molecule has 6 heteroatoms. The van der Waals surface area contributed by atoms with Crippen molar-refractivity contribution in [1.29, 1.82) is 0 Å². The van der Waals surface area contributed by atoms with Crippen LogP contribution in [0.25, 0.3) is 0 Å². The van der Waals surface area contributed by atoms with E-state index in [9.17, 15) is 4.79 Å². The Kier molecular flexibility index (Phi) is 6.16. The van der Waals surface area contributed by atoms with E-state index >= 15 is 0 Å². The molecule has 0 spiro atoms. The van der Waals surface area contributed by atoms with Gasteiger partial charge in [-0.25, -0.2) is 0 Å². The van der Waals surface area contributed by atoms with Gasteiger partial charge in [0.15, 0.2) is 0 Å². The maximum absolute atomic E-state index is 12.4. The number of hydrogen-bond donors (Lipinski definition) is 1. The third kappa shape index (κ3) is 4.86. The summed E-state index contributed by atoms with van der Waals surface area (Å²) in [5.74, 6) is -0.163. The SMILES string of the molecule is O=C(NCCc1ccc(Cl)cc1Cl)c1cc(N2CCCCC2)ccn1. The van der Waals surface area contributed by atoms with Gasteiger partial charge < -0.3 is 10.2 Å². The number of halogens is 2. The number of pyridine rings is 1. The molecule has 2 aromatic rings. The molecule has 0 radical (unpaired) electrons. The molecule has 1 aromatic heterocycles. The maximum Gasteiger partial charge on any atom is 0.269 e. The fraction of sp³-hybridized carbons (Fsp3) is 0.368. The highest BCUT2D eigenvalue weighted by atomic mass is 35.5. The van der Waals surface area contributed by atoms with Gasteiger partial charge >= 0.3 is 0 Å². The molecule has 25 heavy (non-hydrogen) atoms. The molecule has 1 fully saturated rings. The van der Waals surface area contributed by atoms with E-state index in [1.165, 1.54) is 19.3 Å². The van der Waals surface area contributed by atoms with E-state index in [-0.39, 0.29) is 5.91 Å². The molecule has 0 atom stereocenters. The quantitative estimate of drug-likeness (QED) is 0.841. The van der Waals surface area contributed by atoms with Crippen LogP contribution in [0.3, 0.4) is 0 Å². The van der Waals surface area contributed by atoms with Crippen LogP contribution in [0.5, 0.6) is 0 Å². The first-order chi connectivity index (χ1) is 12.1. The van der Waals surface area contributed by atoms with Crippen LogP contribution >= 0.6 is 23.2 Å². The second-order valence-electron chi connectivity index (χ2n) is 6.19. The lowest BCUT2D eigenvalue weighted by atomic mass is 10.1. The fourth-order valence-corrected chi connectivity index (χ4v) is 3.52. The second kappa shape index (κ2) is 8.54. The van der Waals surface area contributed by atoms with Crippen molar-refractivity contribution in [2.75, 3.05) is 24.5 Å². The molecule has 1 saturated heterocycles. The van der Waals surface area contributed by atoms with Crippen LogP contribution in [0.15, 0.2) is 36.5 Å². The van der Waals surface area contributed by atoms with Crippen LogP contribution in [-0.4, -0.2) is 30.5 Å². The number of hydrogen-bond acceptors (Lipinski definition) is 3. The van der Waals surface area contributed by atoms with E-state index < -0.39 is 0 Å². The van der Waals surface area contributed by atoms with Crippen molar-refractivity contribution in [1.82, 2.24) is 10.3 Å². The van der Waals surface area contributed by atoms with Crippen molar-refractivity contribution in [3.63, 3.8) is 0 Å². The minimum atomic E-state index is -0.163. The van der Waals surface area contributed by atoms with Gasteiger partial charge in [0, 0.05) is 41.6 Å². The van der Waals surface area contributed by atoms with E-state index in [2.05, 4.69) is 15.2 Å².